The van der Waals surface area contributed by atoms with Crippen molar-refractivity contribution >= 4 is 0 Å². The third-order valence-corrected chi connectivity index (χ3v) is 9.90. The molecule has 0 N–H and O–H groups in total. The quantitative estimate of drug-likeness (QED) is 0.149. The van der Waals surface area contributed by atoms with E-state index >= 15 is 8.78 Å². The summed E-state index contributed by atoms with van der Waals surface area (Å²) in [5, 5.41) is 0. The summed E-state index contributed by atoms with van der Waals surface area (Å²) in [4.78, 5) is 0. The molecule has 2 saturated carbocycles. The van der Waals surface area contributed by atoms with E-state index in [4.69, 9.17) is 14.2 Å². The van der Waals surface area contributed by atoms with Crippen LogP contribution in [0, 0.1) is 58.7 Å². The number of ether oxygens (including phenoxy) is 3. The van der Waals surface area contributed by atoms with Crippen LogP contribution in [0.4, 0.5) is 30.7 Å². The lowest BCUT2D eigenvalue weighted by molar-refractivity contribution is -0.251. The summed E-state index contributed by atoms with van der Waals surface area (Å²) in [5.74, 6) is -8.00. The van der Waals surface area contributed by atoms with E-state index in [2.05, 4.69) is 6.92 Å². The van der Waals surface area contributed by atoms with E-state index in [-0.39, 0.29) is 18.8 Å². The van der Waals surface area contributed by atoms with E-state index in [1.807, 2.05) is 0 Å². The Morgan fingerprint density at radius 1 is 0.705 bits per heavy atom. The van der Waals surface area contributed by atoms with Gasteiger partial charge in [0.05, 0.1) is 24.7 Å². The van der Waals surface area contributed by atoms with Gasteiger partial charge in [0.2, 0.25) is 0 Å². The molecule has 0 atom stereocenters. The first-order valence-corrected chi connectivity index (χ1v) is 16.0. The molecule has 0 radical (unpaired) electrons. The lowest BCUT2D eigenvalue weighted by atomic mass is 9.74. The van der Waals surface area contributed by atoms with Crippen LogP contribution in [0.2, 0.25) is 0 Å². The highest BCUT2D eigenvalue weighted by Gasteiger charge is 2.46. The number of benzene rings is 2. The average molecular weight is 631 g/mol. The van der Waals surface area contributed by atoms with Crippen LogP contribution in [0.15, 0.2) is 24.3 Å². The van der Waals surface area contributed by atoms with Crippen LogP contribution in [0.5, 0.6) is 5.75 Å². The number of hydrogen-bond donors (Lipinski definition) is 0. The predicted octanol–water partition coefficient (Wildman–Crippen LogP) is 10.2. The second-order valence-corrected chi connectivity index (χ2v) is 12.9. The Labute approximate surface area is 254 Å². The molecular weight excluding hydrogens is 589 g/mol. The van der Waals surface area contributed by atoms with Gasteiger partial charge >= 0.3 is 6.11 Å². The molecule has 1 heterocycles. The van der Waals surface area contributed by atoms with E-state index in [9.17, 15) is 22.0 Å². The number of halogens is 7. The fourth-order valence-corrected chi connectivity index (χ4v) is 7.26. The minimum atomic E-state index is -3.71. The van der Waals surface area contributed by atoms with Gasteiger partial charge in [0.1, 0.15) is 17.4 Å². The summed E-state index contributed by atoms with van der Waals surface area (Å²) in [6.07, 6.45) is 7.12. The van der Waals surface area contributed by atoms with Crippen molar-refractivity contribution in [2.24, 2.45) is 29.6 Å². The molecule has 0 bridgehead atoms. The van der Waals surface area contributed by atoms with E-state index in [1.165, 1.54) is 51.4 Å². The Morgan fingerprint density at radius 2 is 1.27 bits per heavy atom. The van der Waals surface area contributed by atoms with Crippen molar-refractivity contribution in [3.63, 3.8) is 0 Å². The van der Waals surface area contributed by atoms with E-state index in [0.29, 0.717) is 62.2 Å². The normalized spacial score (nSPS) is 28.2. The van der Waals surface area contributed by atoms with Gasteiger partial charge < -0.3 is 14.2 Å². The predicted molar refractivity (Wildman–Crippen MR) is 151 cm³/mol. The van der Waals surface area contributed by atoms with Crippen LogP contribution >= 0.6 is 0 Å². The number of unbranched alkanes of at least 4 members (excludes halogenated alkanes) is 2. The monoisotopic (exact) mass is 630 g/mol. The zero-order valence-corrected chi connectivity index (χ0v) is 25.0. The number of alkyl halides is 2. The van der Waals surface area contributed by atoms with Crippen molar-refractivity contribution in [2.75, 3.05) is 13.2 Å². The highest BCUT2D eigenvalue weighted by atomic mass is 19.3. The summed E-state index contributed by atoms with van der Waals surface area (Å²) < 4.78 is 117. The zero-order chi connectivity index (χ0) is 31.4. The first-order valence-electron chi connectivity index (χ1n) is 16.0. The van der Waals surface area contributed by atoms with E-state index in [0.717, 1.165) is 5.92 Å². The zero-order valence-electron chi connectivity index (χ0n) is 25.0. The topological polar surface area (TPSA) is 27.7 Å². The standard InChI is InChI=1S/C34H41F7O3/c1-2-3-4-5-20-6-8-21(9-7-20)24-18-42-33(43-19-24)22-10-12-25(13-11-22)34(40,41)44-26-16-27(35)31(28(36)17-26)23-14-29(37)32(39)30(38)15-23/h14-17,20-22,24-25,33H,2-13,18-19H2,1H3. The number of rotatable bonds is 10. The van der Waals surface area contributed by atoms with Crippen LogP contribution in [0.3, 0.4) is 0 Å². The Kier molecular flexibility index (Phi) is 10.8. The van der Waals surface area contributed by atoms with Crippen molar-refractivity contribution in [1.82, 2.24) is 0 Å². The fourth-order valence-electron chi connectivity index (χ4n) is 7.26. The van der Waals surface area contributed by atoms with Crippen LogP contribution in [-0.4, -0.2) is 25.6 Å². The van der Waals surface area contributed by atoms with Gasteiger partial charge in [-0.15, -0.1) is 0 Å². The summed E-state index contributed by atoms with van der Waals surface area (Å²) in [7, 11) is 0. The molecule has 2 aromatic carbocycles. The second kappa shape index (κ2) is 14.4. The van der Waals surface area contributed by atoms with Gasteiger partial charge in [-0.25, -0.2) is 22.0 Å². The molecule has 244 valence electrons. The van der Waals surface area contributed by atoms with Gasteiger partial charge in [0, 0.05) is 24.0 Å². The Morgan fingerprint density at radius 3 is 1.84 bits per heavy atom. The van der Waals surface area contributed by atoms with Crippen molar-refractivity contribution in [1.29, 1.82) is 0 Å². The van der Waals surface area contributed by atoms with E-state index < -0.39 is 64.3 Å². The second-order valence-electron chi connectivity index (χ2n) is 12.9. The minimum absolute atomic E-state index is 0.0250. The summed E-state index contributed by atoms with van der Waals surface area (Å²) in [5.41, 5.74) is -1.50. The molecule has 44 heavy (non-hydrogen) atoms. The summed E-state index contributed by atoms with van der Waals surface area (Å²) in [6, 6.07) is 1.90. The Bertz CT molecular complexity index is 1200. The van der Waals surface area contributed by atoms with Gasteiger partial charge in [-0.05, 0) is 68.1 Å². The molecule has 3 nitrogen and oxygen atoms in total. The molecule has 2 aliphatic carbocycles. The minimum Gasteiger partial charge on any atom is -0.432 e. The first-order chi connectivity index (χ1) is 21.1. The molecule has 5 rings (SSSR count). The lowest BCUT2D eigenvalue weighted by Gasteiger charge is -2.41. The average Bonchev–Trinajstić information content (AvgIpc) is 3.00. The molecule has 0 aromatic heterocycles. The third-order valence-electron chi connectivity index (χ3n) is 9.90. The molecule has 3 fully saturated rings. The largest absolute Gasteiger partial charge is 0.432 e. The number of hydrogen-bond acceptors (Lipinski definition) is 3. The third kappa shape index (κ3) is 7.72. The smallest absolute Gasteiger partial charge is 0.400 e. The summed E-state index contributed by atoms with van der Waals surface area (Å²) >= 11 is 0. The molecule has 1 saturated heterocycles. The van der Waals surface area contributed by atoms with Gasteiger partial charge in [-0.2, -0.15) is 8.78 Å². The first kappa shape index (κ1) is 33.0. The highest BCUT2D eigenvalue weighted by molar-refractivity contribution is 5.66. The van der Waals surface area contributed by atoms with Crippen molar-refractivity contribution in [3.8, 4) is 16.9 Å². The van der Waals surface area contributed by atoms with E-state index in [1.54, 1.807) is 0 Å². The maximum atomic E-state index is 15.1. The van der Waals surface area contributed by atoms with Crippen molar-refractivity contribution in [3.05, 3.63) is 53.4 Å². The van der Waals surface area contributed by atoms with Gasteiger partial charge in [0.25, 0.3) is 0 Å². The van der Waals surface area contributed by atoms with Crippen LogP contribution in [-0.2, 0) is 9.47 Å². The molecule has 10 heteroatoms. The fraction of sp³-hybridized carbons (Fsp3) is 0.647. The molecule has 0 amide bonds. The van der Waals surface area contributed by atoms with Gasteiger partial charge in [0.15, 0.2) is 23.7 Å². The van der Waals surface area contributed by atoms with Gasteiger partial charge in [-0.3, -0.25) is 0 Å². The SMILES string of the molecule is CCCCCC1CCC(C2COC(C3CCC(C(F)(F)Oc4cc(F)c(-c5cc(F)c(F)c(F)c5)c(F)c4)CC3)OC2)CC1. The lowest BCUT2D eigenvalue weighted by Crippen LogP contribution is -2.43. The van der Waals surface area contributed by atoms with Crippen LogP contribution in [0.25, 0.3) is 11.1 Å². The van der Waals surface area contributed by atoms with Crippen molar-refractivity contribution < 1.29 is 44.9 Å². The maximum absolute atomic E-state index is 15.1. The molecule has 3 aliphatic rings. The summed E-state index contributed by atoms with van der Waals surface area (Å²) in [6.45, 7) is 3.48. The molecular formula is C34H41F7O3. The van der Waals surface area contributed by atoms with Crippen molar-refractivity contribution in [2.45, 2.75) is 96.4 Å². The molecule has 0 unspecified atom stereocenters. The maximum Gasteiger partial charge on any atom is 0.400 e. The molecule has 1 aliphatic heterocycles. The van der Waals surface area contributed by atoms with Crippen LogP contribution in [0.1, 0.15) is 84.0 Å². The Hall–Kier alpha value is -2.33. The molecule has 2 aromatic rings. The Balaban J connectivity index is 1.10. The van der Waals surface area contributed by atoms with Gasteiger partial charge in [-0.1, -0.05) is 45.4 Å². The van der Waals surface area contributed by atoms with Crippen LogP contribution < -0.4 is 4.74 Å². The highest BCUT2D eigenvalue weighted by Crippen LogP contribution is 2.44. The molecule has 0 spiro atoms.